The molecule has 2 nitrogen and oxygen atoms in total. The lowest BCUT2D eigenvalue weighted by atomic mass is 10.2. The van der Waals surface area contributed by atoms with E-state index in [0.717, 1.165) is 17.4 Å². The van der Waals surface area contributed by atoms with Gasteiger partial charge in [0.05, 0.1) is 6.61 Å². The van der Waals surface area contributed by atoms with E-state index >= 15 is 0 Å². The summed E-state index contributed by atoms with van der Waals surface area (Å²) in [6.07, 6.45) is 0.937. The standard InChI is InChI=1S/C10H14BrNO/c1-2-12-13-7-6-9-4-3-5-10(11)8-9/h3-5,8,12H,2,6-7H2,1H3. The molecule has 0 heterocycles. The van der Waals surface area contributed by atoms with E-state index in [1.54, 1.807) is 0 Å². The minimum Gasteiger partial charge on any atom is -0.301 e. The first kappa shape index (κ1) is 10.7. The Balaban J connectivity index is 2.28. The Morgan fingerprint density at radius 2 is 2.31 bits per heavy atom. The van der Waals surface area contributed by atoms with Crippen molar-refractivity contribution in [3.8, 4) is 0 Å². The topological polar surface area (TPSA) is 21.3 Å². The van der Waals surface area contributed by atoms with Crippen molar-refractivity contribution in [2.75, 3.05) is 13.2 Å². The SMILES string of the molecule is CCNOCCc1cccc(Br)c1. The zero-order valence-electron chi connectivity index (χ0n) is 7.72. The quantitative estimate of drug-likeness (QED) is 0.634. The number of hydrogen-bond acceptors (Lipinski definition) is 2. The predicted octanol–water partition coefficient (Wildman–Crippen LogP) is 2.53. The molecule has 72 valence electrons. The lowest BCUT2D eigenvalue weighted by Crippen LogP contribution is -2.15. The van der Waals surface area contributed by atoms with Gasteiger partial charge in [-0.15, -0.1) is 0 Å². The van der Waals surface area contributed by atoms with Crippen LogP contribution in [0, 0.1) is 0 Å². The normalized spacial score (nSPS) is 10.3. The van der Waals surface area contributed by atoms with Crippen molar-refractivity contribution in [1.29, 1.82) is 0 Å². The minimum absolute atomic E-state index is 0.713. The highest BCUT2D eigenvalue weighted by atomic mass is 79.9. The molecule has 0 aliphatic carbocycles. The molecule has 13 heavy (non-hydrogen) atoms. The second kappa shape index (κ2) is 6.13. The van der Waals surface area contributed by atoms with E-state index < -0.39 is 0 Å². The lowest BCUT2D eigenvalue weighted by Gasteiger charge is -2.03. The second-order valence-corrected chi connectivity index (χ2v) is 3.64. The molecule has 0 saturated carbocycles. The molecule has 0 aliphatic heterocycles. The number of hydroxylamine groups is 1. The Bertz CT molecular complexity index is 252. The first-order chi connectivity index (χ1) is 6.33. The molecule has 0 bridgehead atoms. The lowest BCUT2D eigenvalue weighted by molar-refractivity contribution is 0.0468. The van der Waals surface area contributed by atoms with Crippen molar-refractivity contribution < 1.29 is 4.84 Å². The van der Waals surface area contributed by atoms with Crippen molar-refractivity contribution >= 4 is 15.9 Å². The molecule has 0 unspecified atom stereocenters. The smallest absolute Gasteiger partial charge is 0.0722 e. The summed E-state index contributed by atoms with van der Waals surface area (Å²) in [6.45, 7) is 3.57. The first-order valence-corrected chi connectivity index (χ1v) is 5.21. The summed E-state index contributed by atoms with van der Waals surface area (Å²) in [5.74, 6) is 0. The number of hydrogen-bond donors (Lipinski definition) is 1. The van der Waals surface area contributed by atoms with E-state index in [1.165, 1.54) is 5.56 Å². The highest BCUT2D eigenvalue weighted by Crippen LogP contribution is 2.11. The molecular weight excluding hydrogens is 230 g/mol. The predicted molar refractivity (Wildman–Crippen MR) is 57.5 cm³/mol. The maximum absolute atomic E-state index is 5.16. The van der Waals surface area contributed by atoms with Crippen LogP contribution in [0.25, 0.3) is 0 Å². The van der Waals surface area contributed by atoms with Gasteiger partial charge in [0.25, 0.3) is 0 Å². The third-order valence-electron chi connectivity index (χ3n) is 1.63. The van der Waals surface area contributed by atoms with Gasteiger partial charge < -0.3 is 4.84 Å². The summed E-state index contributed by atoms with van der Waals surface area (Å²) in [6, 6.07) is 8.26. The zero-order chi connectivity index (χ0) is 9.52. The van der Waals surface area contributed by atoms with E-state index in [9.17, 15) is 0 Å². The van der Waals surface area contributed by atoms with Crippen molar-refractivity contribution in [3.05, 3.63) is 34.3 Å². The molecule has 1 rings (SSSR count). The highest BCUT2D eigenvalue weighted by Gasteiger charge is 1.93. The Morgan fingerprint density at radius 3 is 3.00 bits per heavy atom. The summed E-state index contributed by atoms with van der Waals surface area (Å²) in [5.41, 5.74) is 4.11. The molecule has 0 aromatic heterocycles. The molecule has 1 N–H and O–H groups in total. The largest absolute Gasteiger partial charge is 0.301 e. The molecule has 0 atom stereocenters. The fourth-order valence-electron chi connectivity index (χ4n) is 1.04. The van der Waals surface area contributed by atoms with Gasteiger partial charge >= 0.3 is 0 Å². The molecule has 1 aromatic carbocycles. The van der Waals surface area contributed by atoms with Crippen LogP contribution in [0.5, 0.6) is 0 Å². The highest BCUT2D eigenvalue weighted by molar-refractivity contribution is 9.10. The summed E-state index contributed by atoms with van der Waals surface area (Å²) in [7, 11) is 0. The van der Waals surface area contributed by atoms with Gasteiger partial charge in [-0.2, -0.15) is 0 Å². The molecule has 3 heteroatoms. The van der Waals surface area contributed by atoms with E-state index in [1.807, 2.05) is 19.1 Å². The van der Waals surface area contributed by atoms with Crippen LogP contribution in [0.1, 0.15) is 12.5 Å². The maximum Gasteiger partial charge on any atom is 0.0722 e. The van der Waals surface area contributed by atoms with Crippen LogP contribution in [0.3, 0.4) is 0 Å². The Kier molecular flexibility index (Phi) is 5.05. The van der Waals surface area contributed by atoms with Crippen LogP contribution in [-0.4, -0.2) is 13.2 Å². The second-order valence-electron chi connectivity index (χ2n) is 2.73. The van der Waals surface area contributed by atoms with E-state index in [4.69, 9.17) is 4.84 Å². The van der Waals surface area contributed by atoms with Crippen LogP contribution >= 0.6 is 15.9 Å². The van der Waals surface area contributed by atoms with Gasteiger partial charge in [0.2, 0.25) is 0 Å². The van der Waals surface area contributed by atoms with Gasteiger partial charge in [-0.1, -0.05) is 35.0 Å². The number of benzene rings is 1. The van der Waals surface area contributed by atoms with Gasteiger partial charge in [-0.05, 0) is 24.1 Å². The average Bonchev–Trinajstić information content (AvgIpc) is 2.13. The van der Waals surface area contributed by atoms with Crippen LogP contribution in [-0.2, 0) is 11.3 Å². The molecule has 1 aromatic rings. The van der Waals surface area contributed by atoms with E-state index in [0.29, 0.717) is 6.61 Å². The first-order valence-electron chi connectivity index (χ1n) is 4.42. The van der Waals surface area contributed by atoms with Crippen molar-refractivity contribution in [1.82, 2.24) is 5.48 Å². The van der Waals surface area contributed by atoms with Crippen molar-refractivity contribution in [2.45, 2.75) is 13.3 Å². The van der Waals surface area contributed by atoms with Crippen molar-refractivity contribution in [2.24, 2.45) is 0 Å². The van der Waals surface area contributed by atoms with Crippen LogP contribution in [0.4, 0.5) is 0 Å². The van der Waals surface area contributed by atoms with Gasteiger partial charge in [0.15, 0.2) is 0 Å². The minimum atomic E-state index is 0.713. The van der Waals surface area contributed by atoms with Gasteiger partial charge in [0, 0.05) is 11.0 Å². The summed E-state index contributed by atoms with van der Waals surface area (Å²) < 4.78 is 1.12. The van der Waals surface area contributed by atoms with Gasteiger partial charge in [-0.25, -0.2) is 5.48 Å². The molecule has 0 saturated heterocycles. The number of nitrogens with one attached hydrogen (secondary N) is 1. The fourth-order valence-corrected chi connectivity index (χ4v) is 1.48. The number of rotatable bonds is 5. The van der Waals surface area contributed by atoms with Crippen LogP contribution in [0.15, 0.2) is 28.7 Å². The van der Waals surface area contributed by atoms with Gasteiger partial charge in [-0.3, -0.25) is 0 Å². The average molecular weight is 244 g/mol. The van der Waals surface area contributed by atoms with E-state index in [2.05, 4.69) is 33.5 Å². The summed E-state index contributed by atoms with van der Waals surface area (Å²) in [4.78, 5) is 5.16. The third kappa shape index (κ3) is 4.41. The molecule has 0 aliphatic rings. The Labute approximate surface area is 87.4 Å². The summed E-state index contributed by atoms with van der Waals surface area (Å²) in [5, 5.41) is 0. The summed E-state index contributed by atoms with van der Waals surface area (Å²) >= 11 is 3.43. The maximum atomic E-state index is 5.16. The Hall–Kier alpha value is -0.380. The molecule has 0 amide bonds. The third-order valence-corrected chi connectivity index (χ3v) is 2.12. The van der Waals surface area contributed by atoms with Crippen molar-refractivity contribution in [3.63, 3.8) is 0 Å². The number of halogens is 1. The zero-order valence-corrected chi connectivity index (χ0v) is 9.30. The molecule has 0 radical (unpaired) electrons. The van der Waals surface area contributed by atoms with E-state index in [-0.39, 0.29) is 0 Å². The van der Waals surface area contributed by atoms with Crippen LogP contribution in [0.2, 0.25) is 0 Å². The molecule has 0 spiro atoms. The van der Waals surface area contributed by atoms with Crippen LogP contribution < -0.4 is 5.48 Å². The molecule has 0 fully saturated rings. The molecular formula is C10H14BrNO. The Morgan fingerprint density at radius 1 is 1.46 bits per heavy atom. The monoisotopic (exact) mass is 243 g/mol. The fraction of sp³-hybridized carbons (Fsp3) is 0.400. The van der Waals surface area contributed by atoms with Gasteiger partial charge in [0.1, 0.15) is 0 Å².